The van der Waals surface area contributed by atoms with Gasteiger partial charge in [0.05, 0.1) is 32.5 Å². The zero-order valence-electron chi connectivity index (χ0n) is 24.1. The number of rotatable bonds is 19. The second-order valence-corrected chi connectivity index (χ2v) is 11.6. The van der Waals surface area contributed by atoms with E-state index in [1.165, 1.54) is 0 Å². The molecule has 0 heterocycles. The first-order chi connectivity index (χ1) is 18.8. The molecule has 18 heteroatoms. The average molecular weight is 663 g/mol. The van der Waals surface area contributed by atoms with Crippen LogP contribution in [0.4, 0.5) is 0 Å². The molecule has 0 fully saturated rings. The molecule has 246 valence electrons. The predicted molar refractivity (Wildman–Crippen MR) is 154 cm³/mol. The molecule has 0 saturated heterocycles. The van der Waals surface area contributed by atoms with E-state index in [1.807, 2.05) is 13.8 Å². The summed E-state index contributed by atoms with van der Waals surface area (Å²) in [5.74, 6) is -3.76. The van der Waals surface area contributed by atoms with Gasteiger partial charge < -0.3 is 19.7 Å². The number of aliphatic carboxylic acids is 2. The molecular formula is C24H47NaO15S2. The summed E-state index contributed by atoms with van der Waals surface area (Å²) in [5, 5.41) is 13.9. The van der Waals surface area contributed by atoms with Crippen LogP contribution >= 0.6 is 0 Å². The van der Waals surface area contributed by atoms with Gasteiger partial charge in [0.1, 0.15) is 0 Å². The molecule has 0 spiro atoms. The van der Waals surface area contributed by atoms with Crippen molar-refractivity contribution in [2.24, 2.45) is 11.8 Å². The summed E-state index contributed by atoms with van der Waals surface area (Å²) in [7, 11) is -9.43. The van der Waals surface area contributed by atoms with Crippen LogP contribution in [0.25, 0.3) is 0 Å². The fourth-order valence-corrected chi connectivity index (χ4v) is 3.69. The molecule has 42 heavy (non-hydrogen) atoms. The van der Waals surface area contributed by atoms with E-state index >= 15 is 0 Å². The van der Waals surface area contributed by atoms with E-state index in [9.17, 15) is 32.1 Å². The molecule has 0 bridgehead atoms. The van der Waals surface area contributed by atoms with Crippen LogP contribution in [-0.4, -0.2) is 113 Å². The molecule has 0 aliphatic carbocycles. The molecule has 3 unspecified atom stereocenters. The second kappa shape index (κ2) is 27.2. The Morgan fingerprint density at radius 1 is 0.690 bits per heavy atom. The molecule has 0 rings (SSSR count). The van der Waals surface area contributed by atoms with Crippen LogP contribution in [0.15, 0.2) is 0 Å². The summed E-state index contributed by atoms with van der Waals surface area (Å²) in [6, 6.07) is 0. The van der Waals surface area contributed by atoms with E-state index in [0.29, 0.717) is 0 Å². The summed E-state index contributed by atoms with van der Waals surface area (Å²) in [6.45, 7) is 8.35. The molecule has 0 aromatic rings. The number of carbonyl (C=O) groups is 4. The van der Waals surface area contributed by atoms with Crippen molar-refractivity contribution in [1.82, 2.24) is 0 Å². The maximum atomic E-state index is 12.2. The minimum atomic E-state index is -4.76. The Kier molecular flexibility index (Phi) is 30.8. The Morgan fingerprint density at radius 2 is 1.05 bits per heavy atom. The summed E-state index contributed by atoms with van der Waals surface area (Å²) >= 11 is 0. The molecule has 3 atom stereocenters. The van der Waals surface area contributed by atoms with Crippen molar-refractivity contribution in [1.29, 1.82) is 0 Å². The monoisotopic (exact) mass is 662 g/mol. The van der Waals surface area contributed by atoms with Crippen LogP contribution in [-0.2, 0) is 49.2 Å². The molecule has 0 aliphatic heterocycles. The third-order valence-corrected chi connectivity index (χ3v) is 6.63. The molecule has 0 aromatic heterocycles. The van der Waals surface area contributed by atoms with Crippen LogP contribution in [0.3, 0.4) is 0 Å². The number of hydrogen-bond acceptors (Lipinski definition) is 10. The van der Waals surface area contributed by atoms with Gasteiger partial charge in [0, 0.05) is 0 Å². The molecule has 0 radical (unpaired) electrons. The predicted octanol–water partition coefficient (Wildman–Crippen LogP) is 2.79. The van der Waals surface area contributed by atoms with E-state index < -0.39 is 56.1 Å². The fourth-order valence-electron chi connectivity index (χ4n) is 3.03. The number of unbranched alkanes of at least 4 members (excludes halogenated alkanes) is 2. The molecular weight excluding hydrogens is 615 g/mol. The Labute approximate surface area is 270 Å². The third-order valence-electron chi connectivity index (χ3n) is 5.56. The summed E-state index contributed by atoms with van der Waals surface area (Å²) in [5.41, 5.74) is 0. The van der Waals surface area contributed by atoms with E-state index in [1.54, 1.807) is 0 Å². The summed E-state index contributed by atoms with van der Waals surface area (Å²) in [4.78, 5) is 43.5. The minimum absolute atomic E-state index is 0. The standard InChI is InChI=1S/C20H38O7S.C4H6O4.Na.H2O4S.H/c1-5-9-11-16(7-3)14-26-19(21)13-18(28(23,24)25)20(22)27-15-17(8-4)12-10-6-2;5-3(6)1-2-4(7)8;;1-5(2,3)4;/h16-18H,5-15H2,1-4H3,(H,23,24,25);1-2H2,(H,5,6)(H,7,8);;(H2,1,2,3,4);. The topological polar surface area (TPSA) is 256 Å². The Morgan fingerprint density at radius 3 is 1.33 bits per heavy atom. The zero-order chi connectivity index (χ0) is 32.6. The van der Waals surface area contributed by atoms with Gasteiger partial charge in [0.25, 0.3) is 10.1 Å². The Bertz CT molecular complexity index is 946. The number of hydrogen-bond donors (Lipinski definition) is 5. The van der Waals surface area contributed by atoms with Gasteiger partial charge in [-0.05, 0) is 24.7 Å². The van der Waals surface area contributed by atoms with Gasteiger partial charge in [-0.2, -0.15) is 16.8 Å². The van der Waals surface area contributed by atoms with Crippen molar-refractivity contribution >= 4 is 74.0 Å². The number of esters is 2. The maximum absolute atomic E-state index is 12.2. The first kappa shape index (κ1) is 47.6. The molecule has 15 nitrogen and oxygen atoms in total. The van der Waals surface area contributed by atoms with Crippen LogP contribution in [0.1, 0.15) is 98.3 Å². The van der Waals surface area contributed by atoms with Gasteiger partial charge in [0.2, 0.25) is 0 Å². The quantitative estimate of drug-likeness (QED) is 0.0757. The van der Waals surface area contributed by atoms with E-state index in [-0.39, 0.29) is 67.4 Å². The molecule has 5 N–H and O–H groups in total. The van der Waals surface area contributed by atoms with Gasteiger partial charge in [-0.15, -0.1) is 0 Å². The SMILES string of the molecule is CCCCC(CC)COC(=O)CC(C(=O)OCC(CC)CCCC)S(=O)(=O)O.O=C(O)CCC(=O)O.O=S(=O)(O)O.[NaH]. The normalized spacial score (nSPS) is 12.9. The Balaban J connectivity index is -0.000000426. The van der Waals surface area contributed by atoms with E-state index in [4.69, 9.17) is 37.2 Å². The van der Waals surface area contributed by atoms with Crippen molar-refractivity contribution in [2.45, 2.75) is 104 Å². The third kappa shape index (κ3) is 34.9. The van der Waals surface area contributed by atoms with Gasteiger partial charge in [0.15, 0.2) is 5.25 Å². The fraction of sp³-hybridized carbons (Fsp3) is 0.833. The zero-order valence-corrected chi connectivity index (χ0v) is 25.7. The Hall–Kier alpha value is -1.34. The van der Waals surface area contributed by atoms with Crippen molar-refractivity contribution in [3.8, 4) is 0 Å². The number of carboxylic acid groups (broad SMARTS) is 2. The van der Waals surface area contributed by atoms with E-state index in [2.05, 4.69) is 13.8 Å². The first-order valence-corrected chi connectivity index (χ1v) is 16.1. The van der Waals surface area contributed by atoms with Crippen LogP contribution in [0, 0.1) is 11.8 Å². The summed E-state index contributed by atoms with van der Waals surface area (Å²) < 4.78 is 74.3. The molecule has 0 aliphatic rings. The molecule has 0 saturated carbocycles. The van der Waals surface area contributed by atoms with E-state index in [0.717, 1.165) is 51.4 Å². The molecule has 0 aromatic carbocycles. The average Bonchev–Trinajstić information content (AvgIpc) is 2.84. The van der Waals surface area contributed by atoms with Crippen LogP contribution in [0.2, 0.25) is 0 Å². The van der Waals surface area contributed by atoms with Crippen molar-refractivity contribution < 1.29 is 69.4 Å². The first-order valence-electron chi connectivity index (χ1n) is 13.2. The van der Waals surface area contributed by atoms with Crippen molar-refractivity contribution in [2.75, 3.05) is 13.2 Å². The van der Waals surface area contributed by atoms with Crippen molar-refractivity contribution in [3.63, 3.8) is 0 Å². The number of ether oxygens (including phenoxy) is 2. The van der Waals surface area contributed by atoms with Crippen LogP contribution < -0.4 is 0 Å². The second-order valence-electron chi connectivity index (χ2n) is 9.09. The number of carbonyl (C=O) groups excluding carboxylic acids is 2. The number of carboxylic acids is 2. The van der Waals surface area contributed by atoms with Gasteiger partial charge >= 0.3 is 63.8 Å². The van der Waals surface area contributed by atoms with Crippen LogP contribution in [0.5, 0.6) is 0 Å². The summed E-state index contributed by atoms with van der Waals surface area (Å²) in [6.07, 6.45) is 6.15. The van der Waals surface area contributed by atoms with Gasteiger partial charge in [-0.3, -0.25) is 32.8 Å². The van der Waals surface area contributed by atoms with Gasteiger partial charge in [-0.25, -0.2) is 0 Å². The van der Waals surface area contributed by atoms with Gasteiger partial charge in [-0.1, -0.05) is 66.2 Å². The van der Waals surface area contributed by atoms with Crippen molar-refractivity contribution in [3.05, 3.63) is 0 Å². The molecule has 0 amide bonds.